The third-order valence-electron chi connectivity index (χ3n) is 5.40. The minimum Gasteiger partial charge on any atom is -0.507 e. The summed E-state index contributed by atoms with van der Waals surface area (Å²) in [6.07, 6.45) is 0. The van der Waals surface area contributed by atoms with Gasteiger partial charge in [-0.15, -0.1) is 0 Å². The van der Waals surface area contributed by atoms with Crippen LogP contribution in [-0.2, 0) is 14.3 Å². The molecule has 2 aromatic rings. The predicted octanol–water partition coefficient (Wildman–Crippen LogP) is 3.95. The standard InChI is InChI=1S/C26H31NO7/c1-5-32-19-11-8-17(9-12-19)24(28)22-23(27(14-15-31-4)26(30)25(22)29)18-10-13-20(33-6-2)21(16-18)34-7-3/h8-13,16,23,28H,5-7,14-15H2,1-4H3/b24-22+. The molecule has 0 bridgehead atoms. The second-order valence-corrected chi connectivity index (χ2v) is 7.51. The van der Waals surface area contributed by atoms with Gasteiger partial charge in [-0.1, -0.05) is 6.07 Å². The van der Waals surface area contributed by atoms with Crippen molar-refractivity contribution in [2.75, 3.05) is 40.1 Å². The molecule has 8 nitrogen and oxygen atoms in total. The Kier molecular flexibility index (Phi) is 8.54. The Morgan fingerprint density at radius 3 is 2.18 bits per heavy atom. The summed E-state index contributed by atoms with van der Waals surface area (Å²) >= 11 is 0. The number of ketones is 1. The van der Waals surface area contributed by atoms with Crippen molar-refractivity contribution in [3.05, 3.63) is 59.2 Å². The summed E-state index contributed by atoms with van der Waals surface area (Å²) in [6.45, 7) is 7.42. The van der Waals surface area contributed by atoms with E-state index in [-0.39, 0.29) is 24.5 Å². The molecule has 182 valence electrons. The quantitative estimate of drug-likeness (QED) is 0.302. The number of benzene rings is 2. The molecule has 1 saturated heterocycles. The smallest absolute Gasteiger partial charge is 0.295 e. The zero-order valence-electron chi connectivity index (χ0n) is 20.0. The zero-order chi connectivity index (χ0) is 24.7. The summed E-state index contributed by atoms with van der Waals surface area (Å²) in [5, 5.41) is 11.2. The molecule has 1 fully saturated rings. The predicted molar refractivity (Wildman–Crippen MR) is 127 cm³/mol. The molecule has 0 spiro atoms. The van der Waals surface area contributed by atoms with Gasteiger partial charge in [-0.05, 0) is 62.7 Å². The monoisotopic (exact) mass is 469 g/mol. The lowest BCUT2D eigenvalue weighted by atomic mass is 9.95. The van der Waals surface area contributed by atoms with E-state index in [0.717, 1.165) is 0 Å². The number of carbonyl (C=O) groups excluding carboxylic acids is 2. The number of carbonyl (C=O) groups is 2. The number of aliphatic hydroxyl groups is 1. The number of likely N-dealkylation sites (tertiary alicyclic amines) is 1. The first-order chi connectivity index (χ1) is 16.5. The van der Waals surface area contributed by atoms with E-state index in [0.29, 0.717) is 48.2 Å². The molecule has 0 aliphatic carbocycles. The number of methoxy groups -OCH3 is 1. The molecule has 1 aliphatic heterocycles. The summed E-state index contributed by atoms with van der Waals surface area (Å²) in [5.41, 5.74) is 1.04. The van der Waals surface area contributed by atoms with E-state index in [1.54, 1.807) is 42.5 Å². The zero-order valence-corrected chi connectivity index (χ0v) is 20.0. The highest BCUT2D eigenvalue weighted by molar-refractivity contribution is 6.46. The molecule has 0 radical (unpaired) electrons. The fraction of sp³-hybridized carbons (Fsp3) is 0.385. The van der Waals surface area contributed by atoms with E-state index in [9.17, 15) is 14.7 Å². The highest BCUT2D eigenvalue weighted by Gasteiger charge is 2.46. The van der Waals surface area contributed by atoms with Crippen LogP contribution in [0.5, 0.6) is 17.2 Å². The first kappa shape index (κ1) is 25.1. The van der Waals surface area contributed by atoms with Gasteiger partial charge in [0.15, 0.2) is 11.5 Å². The molecule has 2 aromatic carbocycles. The summed E-state index contributed by atoms with van der Waals surface area (Å²) in [6, 6.07) is 11.2. The Hall–Kier alpha value is -3.52. The molecule has 0 aromatic heterocycles. The van der Waals surface area contributed by atoms with Crippen molar-refractivity contribution in [1.82, 2.24) is 4.90 Å². The minimum atomic E-state index is -0.809. The molecule has 1 heterocycles. The fourth-order valence-corrected chi connectivity index (χ4v) is 3.92. The van der Waals surface area contributed by atoms with E-state index in [1.165, 1.54) is 12.0 Å². The van der Waals surface area contributed by atoms with Crippen molar-refractivity contribution in [2.24, 2.45) is 0 Å². The Balaban J connectivity index is 2.13. The number of hydrogen-bond donors (Lipinski definition) is 1. The molecule has 34 heavy (non-hydrogen) atoms. The normalized spacial score (nSPS) is 17.2. The number of ether oxygens (including phenoxy) is 4. The highest BCUT2D eigenvalue weighted by atomic mass is 16.5. The molecule has 1 atom stereocenters. The van der Waals surface area contributed by atoms with Crippen LogP contribution in [0.4, 0.5) is 0 Å². The van der Waals surface area contributed by atoms with Crippen molar-refractivity contribution in [3.63, 3.8) is 0 Å². The van der Waals surface area contributed by atoms with Gasteiger partial charge in [0.1, 0.15) is 11.5 Å². The average Bonchev–Trinajstić information content (AvgIpc) is 3.09. The molecule has 1 amide bonds. The molecule has 1 aliphatic rings. The summed E-state index contributed by atoms with van der Waals surface area (Å²) in [4.78, 5) is 27.5. The van der Waals surface area contributed by atoms with Crippen LogP contribution < -0.4 is 14.2 Å². The first-order valence-electron chi connectivity index (χ1n) is 11.4. The number of rotatable bonds is 11. The van der Waals surface area contributed by atoms with Gasteiger partial charge in [0.25, 0.3) is 11.7 Å². The fourth-order valence-electron chi connectivity index (χ4n) is 3.92. The lowest BCUT2D eigenvalue weighted by molar-refractivity contribution is -0.140. The molecule has 8 heteroatoms. The van der Waals surface area contributed by atoms with Crippen LogP contribution in [-0.4, -0.2) is 61.8 Å². The second kappa shape index (κ2) is 11.6. The number of nitrogens with zero attached hydrogens (tertiary/aromatic N) is 1. The molecule has 0 saturated carbocycles. The first-order valence-corrected chi connectivity index (χ1v) is 11.4. The Morgan fingerprint density at radius 2 is 1.56 bits per heavy atom. The summed E-state index contributed by atoms with van der Waals surface area (Å²) in [7, 11) is 1.52. The Bertz CT molecular complexity index is 1050. The van der Waals surface area contributed by atoms with Crippen LogP contribution in [0.25, 0.3) is 5.76 Å². The largest absolute Gasteiger partial charge is 0.507 e. The van der Waals surface area contributed by atoms with Crippen molar-refractivity contribution in [2.45, 2.75) is 26.8 Å². The van der Waals surface area contributed by atoms with Crippen LogP contribution in [0.3, 0.4) is 0 Å². The van der Waals surface area contributed by atoms with Crippen LogP contribution in [0, 0.1) is 0 Å². The van der Waals surface area contributed by atoms with E-state index >= 15 is 0 Å². The molecule has 1 unspecified atom stereocenters. The summed E-state index contributed by atoms with van der Waals surface area (Å²) < 4.78 is 22.0. The number of hydrogen-bond acceptors (Lipinski definition) is 7. The third kappa shape index (κ3) is 5.17. The number of amides is 1. The van der Waals surface area contributed by atoms with Gasteiger partial charge in [0.05, 0.1) is 38.0 Å². The van der Waals surface area contributed by atoms with Gasteiger partial charge in [-0.2, -0.15) is 0 Å². The van der Waals surface area contributed by atoms with Crippen LogP contribution in [0.15, 0.2) is 48.0 Å². The number of aliphatic hydroxyl groups excluding tert-OH is 1. The molecular weight excluding hydrogens is 438 g/mol. The summed E-state index contributed by atoms with van der Waals surface area (Å²) in [5.74, 6) is 0.0107. The van der Waals surface area contributed by atoms with Gasteiger partial charge in [-0.3, -0.25) is 9.59 Å². The second-order valence-electron chi connectivity index (χ2n) is 7.51. The minimum absolute atomic E-state index is 0.0110. The number of Topliss-reactive ketones (excluding diaryl/α,β-unsaturated/α-hetero) is 1. The van der Waals surface area contributed by atoms with Crippen LogP contribution in [0.2, 0.25) is 0 Å². The van der Waals surface area contributed by atoms with Gasteiger partial charge in [-0.25, -0.2) is 0 Å². The lowest BCUT2D eigenvalue weighted by Gasteiger charge is -2.26. The lowest BCUT2D eigenvalue weighted by Crippen LogP contribution is -2.32. The van der Waals surface area contributed by atoms with E-state index in [1.807, 2.05) is 20.8 Å². The van der Waals surface area contributed by atoms with Crippen LogP contribution in [0.1, 0.15) is 37.9 Å². The van der Waals surface area contributed by atoms with Gasteiger partial charge >= 0.3 is 0 Å². The maximum Gasteiger partial charge on any atom is 0.295 e. The molecule has 3 rings (SSSR count). The van der Waals surface area contributed by atoms with Crippen molar-refractivity contribution < 1.29 is 33.6 Å². The maximum absolute atomic E-state index is 13.1. The van der Waals surface area contributed by atoms with Crippen LogP contribution >= 0.6 is 0 Å². The Morgan fingerprint density at radius 1 is 0.912 bits per heavy atom. The van der Waals surface area contributed by atoms with E-state index in [4.69, 9.17) is 18.9 Å². The average molecular weight is 470 g/mol. The molecule has 1 N–H and O–H groups in total. The van der Waals surface area contributed by atoms with Crippen molar-refractivity contribution >= 4 is 17.4 Å². The molecular formula is C26H31NO7. The third-order valence-corrected chi connectivity index (χ3v) is 5.40. The maximum atomic E-state index is 13.1. The van der Waals surface area contributed by atoms with Gasteiger partial charge < -0.3 is 29.0 Å². The van der Waals surface area contributed by atoms with E-state index < -0.39 is 17.7 Å². The van der Waals surface area contributed by atoms with E-state index in [2.05, 4.69) is 0 Å². The van der Waals surface area contributed by atoms with Gasteiger partial charge in [0.2, 0.25) is 0 Å². The topological polar surface area (TPSA) is 94.5 Å². The van der Waals surface area contributed by atoms with Crippen molar-refractivity contribution in [3.8, 4) is 17.2 Å². The highest BCUT2D eigenvalue weighted by Crippen LogP contribution is 2.42. The SMILES string of the molecule is CCOc1ccc(/C(O)=C2\C(=O)C(=O)N(CCOC)C2c2ccc(OCC)c(OCC)c2)cc1. The van der Waals surface area contributed by atoms with Gasteiger partial charge in [0, 0.05) is 19.2 Å². The Labute approximate surface area is 199 Å². The van der Waals surface area contributed by atoms with Crippen molar-refractivity contribution in [1.29, 1.82) is 0 Å².